The molecule has 0 aromatic heterocycles. The van der Waals surface area contributed by atoms with Crippen molar-refractivity contribution in [3.8, 4) is 0 Å². The van der Waals surface area contributed by atoms with Crippen LogP contribution in [0.15, 0.2) is 48.5 Å². The van der Waals surface area contributed by atoms with Gasteiger partial charge in [0.25, 0.3) is 5.91 Å². The Hall–Kier alpha value is -2.40. The second kappa shape index (κ2) is 9.00. The Bertz CT molecular complexity index is 802. The molecule has 0 unspecified atom stereocenters. The maximum atomic E-state index is 13.6. The fourth-order valence-electron chi connectivity index (χ4n) is 3.29. The first kappa shape index (κ1) is 19.4. The van der Waals surface area contributed by atoms with Gasteiger partial charge in [-0.1, -0.05) is 29.8 Å². The molecule has 0 spiro atoms. The molecule has 3 rings (SSSR count). The third-order valence-corrected chi connectivity index (χ3v) is 5.15. The molecule has 1 aliphatic rings. The quantitative estimate of drug-likeness (QED) is 0.849. The van der Waals surface area contributed by atoms with E-state index in [4.69, 9.17) is 11.6 Å². The number of carbonyl (C=O) groups is 2. The highest BCUT2D eigenvalue weighted by molar-refractivity contribution is 6.30. The highest BCUT2D eigenvalue weighted by Crippen LogP contribution is 2.20. The van der Waals surface area contributed by atoms with Crippen molar-refractivity contribution < 1.29 is 14.0 Å². The SMILES string of the molecule is O=C(NCCc1ccccc1F)C1CCN(C(=O)c2ccc(Cl)cc2)CC1. The van der Waals surface area contributed by atoms with Crippen LogP contribution >= 0.6 is 11.6 Å². The Kier molecular flexibility index (Phi) is 6.45. The Morgan fingerprint density at radius 2 is 1.74 bits per heavy atom. The van der Waals surface area contributed by atoms with Gasteiger partial charge in [0.1, 0.15) is 5.82 Å². The summed E-state index contributed by atoms with van der Waals surface area (Å²) in [6.07, 6.45) is 1.72. The standard InChI is InChI=1S/C21H22ClFN2O2/c22-18-7-5-17(6-8-18)21(27)25-13-10-16(11-14-25)20(26)24-12-9-15-3-1-2-4-19(15)23/h1-8,16H,9-14H2,(H,24,26). The molecule has 2 aromatic rings. The molecule has 1 heterocycles. The summed E-state index contributed by atoms with van der Waals surface area (Å²) in [4.78, 5) is 26.6. The number of benzene rings is 2. The van der Waals surface area contributed by atoms with Crippen LogP contribution in [0.2, 0.25) is 5.02 Å². The van der Waals surface area contributed by atoms with E-state index in [0.29, 0.717) is 55.0 Å². The summed E-state index contributed by atoms with van der Waals surface area (Å²) in [5.74, 6) is -0.421. The lowest BCUT2D eigenvalue weighted by molar-refractivity contribution is -0.126. The molecular formula is C21H22ClFN2O2. The average molecular weight is 389 g/mol. The second-order valence-electron chi connectivity index (χ2n) is 6.71. The molecule has 27 heavy (non-hydrogen) atoms. The van der Waals surface area contributed by atoms with Gasteiger partial charge in [0.2, 0.25) is 5.91 Å². The third-order valence-electron chi connectivity index (χ3n) is 4.90. The Morgan fingerprint density at radius 1 is 1.07 bits per heavy atom. The van der Waals surface area contributed by atoms with Crippen molar-refractivity contribution >= 4 is 23.4 Å². The van der Waals surface area contributed by atoms with Gasteiger partial charge >= 0.3 is 0 Å². The number of hydrogen-bond donors (Lipinski definition) is 1. The molecule has 1 N–H and O–H groups in total. The summed E-state index contributed by atoms with van der Waals surface area (Å²) >= 11 is 5.86. The van der Waals surface area contributed by atoms with Crippen molar-refractivity contribution in [2.45, 2.75) is 19.3 Å². The van der Waals surface area contributed by atoms with Crippen molar-refractivity contribution in [2.75, 3.05) is 19.6 Å². The molecule has 2 aromatic carbocycles. The number of rotatable bonds is 5. The minimum Gasteiger partial charge on any atom is -0.356 e. The van der Waals surface area contributed by atoms with E-state index in [-0.39, 0.29) is 23.5 Å². The van der Waals surface area contributed by atoms with Crippen molar-refractivity contribution in [3.63, 3.8) is 0 Å². The van der Waals surface area contributed by atoms with Crippen LogP contribution in [0.1, 0.15) is 28.8 Å². The van der Waals surface area contributed by atoms with Gasteiger partial charge in [-0.15, -0.1) is 0 Å². The molecule has 0 radical (unpaired) electrons. The van der Waals surface area contributed by atoms with E-state index in [1.807, 2.05) is 0 Å². The van der Waals surface area contributed by atoms with E-state index in [0.717, 1.165) is 0 Å². The first-order valence-corrected chi connectivity index (χ1v) is 9.48. The summed E-state index contributed by atoms with van der Waals surface area (Å²) in [6.45, 7) is 1.50. The first-order chi connectivity index (χ1) is 13.0. The van der Waals surface area contributed by atoms with Crippen LogP contribution in [-0.4, -0.2) is 36.3 Å². The van der Waals surface area contributed by atoms with Crippen LogP contribution in [-0.2, 0) is 11.2 Å². The topological polar surface area (TPSA) is 49.4 Å². The lowest BCUT2D eigenvalue weighted by atomic mass is 9.95. The van der Waals surface area contributed by atoms with Gasteiger partial charge in [0.15, 0.2) is 0 Å². The van der Waals surface area contributed by atoms with Crippen molar-refractivity contribution in [3.05, 3.63) is 70.5 Å². The number of hydrogen-bond acceptors (Lipinski definition) is 2. The minimum absolute atomic E-state index is 0.0232. The van der Waals surface area contributed by atoms with Crippen LogP contribution in [0, 0.1) is 11.7 Å². The zero-order valence-electron chi connectivity index (χ0n) is 15.0. The van der Waals surface area contributed by atoms with Gasteiger partial charge < -0.3 is 10.2 Å². The molecule has 0 aliphatic carbocycles. The largest absolute Gasteiger partial charge is 0.356 e. The lowest BCUT2D eigenvalue weighted by Gasteiger charge is -2.31. The van der Waals surface area contributed by atoms with E-state index >= 15 is 0 Å². The molecule has 1 fully saturated rings. The molecule has 2 amide bonds. The predicted molar refractivity (Wildman–Crippen MR) is 103 cm³/mol. The second-order valence-corrected chi connectivity index (χ2v) is 7.14. The average Bonchev–Trinajstić information content (AvgIpc) is 2.69. The van der Waals surface area contributed by atoms with Gasteiger partial charge in [-0.25, -0.2) is 4.39 Å². The van der Waals surface area contributed by atoms with Crippen molar-refractivity contribution in [1.29, 1.82) is 0 Å². The summed E-state index contributed by atoms with van der Waals surface area (Å²) < 4.78 is 13.6. The third kappa shape index (κ3) is 5.07. The zero-order valence-corrected chi connectivity index (χ0v) is 15.7. The Morgan fingerprint density at radius 3 is 2.41 bits per heavy atom. The maximum absolute atomic E-state index is 13.6. The molecule has 0 bridgehead atoms. The smallest absolute Gasteiger partial charge is 0.253 e. The van der Waals surface area contributed by atoms with Gasteiger partial charge in [-0.2, -0.15) is 0 Å². The number of nitrogens with zero attached hydrogens (tertiary/aromatic N) is 1. The van der Waals surface area contributed by atoms with Crippen LogP contribution < -0.4 is 5.32 Å². The number of amides is 2. The van der Waals surface area contributed by atoms with Gasteiger partial charge in [-0.05, 0) is 55.2 Å². The Balaban J connectivity index is 1.44. The van der Waals surface area contributed by atoms with Gasteiger partial charge in [-0.3, -0.25) is 9.59 Å². The predicted octanol–water partition coefficient (Wildman–Crippen LogP) is 3.69. The van der Waals surface area contributed by atoms with Crippen LogP contribution in [0.3, 0.4) is 0 Å². The Labute approximate surface area is 163 Å². The number of carbonyl (C=O) groups excluding carboxylic acids is 2. The molecule has 1 saturated heterocycles. The van der Waals surface area contributed by atoms with Gasteiger partial charge in [0.05, 0.1) is 0 Å². The van der Waals surface area contributed by atoms with Crippen LogP contribution in [0.25, 0.3) is 0 Å². The lowest BCUT2D eigenvalue weighted by Crippen LogP contribution is -2.43. The summed E-state index contributed by atoms with van der Waals surface area (Å²) in [5.41, 5.74) is 1.20. The molecule has 0 saturated carbocycles. The molecule has 0 atom stereocenters. The highest BCUT2D eigenvalue weighted by Gasteiger charge is 2.27. The van der Waals surface area contributed by atoms with Crippen LogP contribution in [0.5, 0.6) is 0 Å². The molecule has 6 heteroatoms. The summed E-state index contributed by atoms with van der Waals surface area (Å²) in [5, 5.41) is 3.48. The van der Waals surface area contributed by atoms with E-state index in [9.17, 15) is 14.0 Å². The highest BCUT2D eigenvalue weighted by atomic mass is 35.5. The fourth-order valence-corrected chi connectivity index (χ4v) is 3.41. The molecular weight excluding hydrogens is 367 g/mol. The first-order valence-electron chi connectivity index (χ1n) is 9.10. The minimum atomic E-state index is -0.249. The monoisotopic (exact) mass is 388 g/mol. The van der Waals surface area contributed by atoms with Gasteiger partial charge in [0, 0.05) is 36.1 Å². The maximum Gasteiger partial charge on any atom is 0.253 e. The van der Waals surface area contributed by atoms with E-state index in [1.54, 1.807) is 47.4 Å². The summed E-state index contributed by atoms with van der Waals surface area (Å²) in [6, 6.07) is 13.4. The number of halogens is 2. The molecule has 4 nitrogen and oxygen atoms in total. The normalized spacial score (nSPS) is 14.8. The molecule has 142 valence electrons. The fraction of sp³-hybridized carbons (Fsp3) is 0.333. The van der Waals surface area contributed by atoms with Crippen molar-refractivity contribution in [2.24, 2.45) is 5.92 Å². The van der Waals surface area contributed by atoms with Crippen molar-refractivity contribution in [1.82, 2.24) is 10.2 Å². The van der Waals surface area contributed by atoms with E-state index in [1.165, 1.54) is 6.07 Å². The van der Waals surface area contributed by atoms with E-state index < -0.39 is 0 Å². The number of piperidine rings is 1. The number of likely N-dealkylation sites (tertiary alicyclic amines) is 1. The summed E-state index contributed by atoms with van der Waals surface area (Å²) in [7, 11) is 0. The zero-order chi connectivity index (χ0) is 19.2. The van der Waals surface area contributed by atoms with Crippen LogP contribution in [0.4, 0.5) is 4.39 Å². The molecule has 1 aliphatic heterocycles. The van der Waals surface area contributed by atoms with E-state index in [2.05, 4.69) is 5.32 Å². The number of nitrogens with one attached hydrogen (secondary N) is 1.